The Labute approximate surface area is 78.7 Å². The third kappa shape index (κ3) is 1.28. The van der Waals surface area contributed by atoms with Gasteiger partial charge in [-0.15, -0.1) is 0 Å². The van der Waals surface area contributed by atoms with E-state index in [2.05, 4.69) is 0 Å². The van der Waals surface area contributed by atoms with Gasteiger partial charge in [-0.05, 0) is 11.8 Å². The number of piperidine rings is 1. The van der Waals surface area contributed by atoms with Crippen molar-refractivity contribution >= 4 is 10.2 Å². The lowest BCUT2D eigenvalue weighted by atomic mass is 10.4. The number of nitrogens with two attached hydrogens (primary N) is 1. The van der Waals surface area contributed by atoms with Gasteiger partial charge in [-0.2, -0.15) is 17.0 Å². The summed E-state index contributed by atoms with van der Waals surface area (Å²) in [6, 6.07) is 0.244. The summed E-state index contributed by atoms with van der Waals surface area (Å²) in [4.78, 5) is 0. The van der Waals surface area contributed by atoms with Gasteiger partial charge in [0.1, 0.15) is 0 Å². The van der Waals surface area contributed by atoms with Crippen LogP contribution in [0.3, 0.4) is 0 Å². The Morgan fingerprint density at radius 3 is 2.15 bits per heavy atom. The first-order valence-corrected chi connectivity index (χ1v) is 5.77. The smallest absolute Gasteiger partial charge is 0.281 e. The number of nitrogens with zero attached hydrogens (tertiary/aromatic N) is 2. The van der Waals surface area contributed by atoms with Crippen molar-refractivity contribution < 1.29 is 8.42 Å². The van der Waals surface area contributed by atoms with Crippen LogP contribution in [0.15, 0.2) is 0 Å². The van der Waals surface area contributed by atoms with E-state index in [0.717, 1.165) is 0 Å². The average molecular weight is 205 g/mol. The van der Waals surface area contributed by atoms with Gasteiger partial charge in [-0.3, -0.25) is 0 Å². The molecule has 0 spiro atoms. The second kappa shape index (κ2) is 2.66. The summed E-state index contributed by atoms with van der Waals surface area (Å²) in [5.74, 6) is 0.824. The van der Waals surface area contributed by atoms with E-state index in [9.17, 15) is 8.42 Å². The minimum Gasteiger partial charge on any atom is -0.327 e. The van der Waals surface area contributed by atoms with Crippen molar-refractivity contribution in [2.45, 2.75) is 6.04 Å². The van der Waals surface area contributed by atoms with Crippen LogP contribution in [0.5, 0.6) is 0 Å². The van der Waals surface area contributed by atoms with Gasteiger partial charge in [0.2, 0.25) is 0 Å². The van der Waals surface area contributed by atoms with Gasteiger partial charge in [-0.25, -0.2) is 0 Å². The Kier molecular flexibility index (Phi) is 1.92. The number of hydrogen-bond acceptors (Lipinski definition) is 3. The fourth-order valence-corrected chi connectivity index (χ4v) is 3.14. The van der Waals surface area contributed by atoms with E-state index in [1.807, 2.05) is 0 Å². The maximum absolute atomic E-state index is 11.6. The van der Waals surface area contributed by atoms with Crippen LogP contribution >= 0.6 is 0 Å². The molecule has 2 aliphatic rings. The van der Waals surface area contributed by atoms with Gasteiger partial charge >= 0.3 is 0 Å². The molecule has 2 fully saturated rings. The van der Waals surface area contributed by atoms with Crippen molar-refractivity contribution in [1.29, 1.82) is 0 Å². The van der Waals surface area contributed by atoms with Gasteiger partial charge < -0.3 is 5.73 Å². The molecular weight excluding hydrogens is 190 g/mol. The fourth-order valence-electron chi connectivity index (χ4n) is 1.95. The first-order chi connectivity index (χ1) is 5.94. The van der Waals surface area contributed by atoms with Crippen LogP contribution in [-0.2, 0) is 10.2 Å². The molecule has 2 rings (SSSR count). The molecule has 0 aromatic rings. The van der Waals surface area contributed by atoms with Crippen LogP contribution in [-0.4, -0.2) is 50.3 Å². The first-order valence-electron chi connectivity index (χ1n) is 4.38. The lowest BCUT2D eigenvalue weighted by Gasteiger charge is -2.22. The molecule has 1 heterocycles. The second-order valence-electron chi connectivity index (χ2n) is 4.01. The van der Waals surface area contributed by atoms with E-state index in [-0.39, 0.29) is 6.04 Å². The normalized spacial score (nSPS) is 39.5. The molecular formula is C7H15N3O2S. The molecule has 0 amide bonds. The molecule has 0 aromatic carbocycles. The third-order valence-corrected chi connectivity index (χ3v) is 4.89. The van der Waals surface area contributed by atoms with Crippen LogP contribution in [0, 0.1) is 11.8 Å². The monoisotopic (exact) mass is 205 g/mol. The van der Waals surface area contributed by atoms with Crippen LogP contribution in [0.4, 0.5) is 0 Å². The Balaban J connectivity index is 2.06. The van der Waals surface area contributed by atoms with Crippen LogP contribution in [0.25, 0.3) is 0 Å². The number of rotatable bonds is 2. The number of fused-ring (bicyclic) bond motifs is 1. The predicted octanol–water partition coefficient (Wildman–Crippen LogP) is -1.32. The van der Waals surface area contributed by atoms with E-state index in [4.69, 9.17) is 5.73 Å². The SMILES string of the molecule is CN(C)S(=O)(=O)N1C[C@@H]2C(N)[C@@H]2C1. The molecule has 1 aliphatic heterocycles. The lowest BCUT2D eigenvalue weighted by Crippen LogP contribution is -2.41. The molecule has 0 radical (unpaired) electrons. The number of hydrogen-bond donors (Lipinski definition) is 1. The highest BCUT2D eigenvalue weighted by Crippen LogP contribution is 2.44. The minimum absolute atomic E-state index is 0.244. The quantitative estimate of drug-likeness (QED) is 0.608. The van der Waals surface area contributed by atoms with Crippen molar-refractivity contribution in [2.75, 3.05) is 27.2 Å². The van der Waals surface area contributed by atoms with E-state index in [1.54, 1.807) is 14.1 Å². The summed E-state index contributed by atoms with van der Waals surface area (Å²) in [6.07, 6.45) is 0. The van der Waals surface area contributed by atoms with Crippen LogP contribution < -0.4 is 5.73 Å². The highest BCUT2D eigenvalue weighted by Gasteiger charge is 2.56. The van der Waals surface area contributed by atoms with Gasteiger partial charge in [0.05, 0.1) is 0 Å². The van der Waals surface area contributed by atoms with E-state index < -0.39 is 10.2 Å². The average Bonchev–Trinajstić information content (AvgIpc) is 2.50. The standard InChI is InChI=1S/C7H15N3O2S/c1-9(2)13(11,12)10-3-5-6(4-10)7(5)8/h5-7H,3-4,8H2,1-2H3/t5-,6+,7?. The van der Waals surface area contributed by atoms with Crippen molar-refractivity contribution in [1.82, 2.24) is 8.61 Å². The zero-order chi connectivity index (χ0) is 9.80. The lowest BCUT2D eigenvalue weighted by molar-refractivity contribution is 0.391. The summed E-state index contributed by atoms with van der Waals surface area (Å²) < 4.78 is 26.0. The summed E-state index contributed by atoms with van der Waals surface area (Å²) >= 11 is 0. The molecule has 5 nitrogen and oxygen atoms in total. The van der Waals surface area contributed by atoms with E-state index in [0.29, 0.717) is 24.9 Å². The zero-order valence-electron chi connectivity index (χ0n) is 7.84. The largest absolute Gasteiger partial charge is 0.327 e. The Morgan fingerprint density at radius 1 is 1.31 bits per heavy atom. The van der Waals surface area contributed by atoms with Crippen LogP contribution in [0.1, 0.15) is 0 Å². The van der Waals surface area contributed by atoms with Gasteiger partial charge in [0.25, 0.3) is 10.2 Å². The van der Waals surface area contributed by atoms with Crippen molar-refractivity contribution in [2.24, 2.45) is 17.6 Å². The third-order valence-electron chi connectivity index (χ3n) is 3.01. The molecule has 1 unspecified atom stereocenters. The molecule has 2 N–H and O–H groups in total. The molecule has 0 bridgehead atoms. The zero-order valence-corrected chi connectivity index (χ0v) is 8.66. The predicted molar refractivity (Wildman–Crippen MR) is 49.1 cm³/mol. The molecule has 1 saturated heterocycles. The first kappa shape index (κ1) is 9.39. The molecule has 13 heavy (non-hydrogen) atoms. The molecule has 1 saturated carbocycles. The van der Waals surface area contributed by atoms with Gasteiger partial charge in [-0.1, -0.05) is 0 Å². The summed E-state index contributed by atoms with van der Waals surface area (Å²) in [6.45, 7) is 1.21. The Morgan fingerprint density at radius 2 is 1.77 bits per heavy atom. The highest BCUT2D eigenvalue weighted by atomic mass is 32.2. The maximum Gasteiger partial charge on any atom is 0.281 e. The molecule has 76 valence electrons. The van der Waals surface area contributed by atoms with Crippen molar-refractivity contribution in [3.63, 3.8) is 0 Å². The minimum atomic E-state index is -3.19. The Bertz CT molecular complexity index is 302. The fraction of sp³-hybridized carbons (Fsp3) is 1.00. The molecule has 1 aliphatic carbocycles. The van der Waals surface area contributed by atoms with E-state index >= 15 is 0 Å². The molecule has 0 aromatic heterocycles. The molecule has 6 heteroatoms. The molecule has 3 atom stereocenters. The van der Waals surface area contributed by atoms with Gasteiger partial charge in [0.15, 0.2) is 0 Å². The highest BCUT2D eigenvalue weighted by molar-refractivity contribution is 7.86. The summed E-state index contributed by atoms with van der Waals surface area (Å²) in [5, 5.41) is 0. The van der Waals surface area contributed by atoms with Crippen molar-refractivity contribution in [3.05, 3.63) is 0 Å². The van der Waals surface area contributed by atoms with Crippen molar-refractivity contribution in [3.8, 4) is 0 Å². The van der Waals surface area contributed by atoms with Gasteiger partial charge in [0, 0.05) is 33.2 Å². The van der Waals surface area contributed by atoms with Crippen LogP contribution in [0.2, 0.25) is 0 Å². The second-order valence-corrected chi connectivity index (χ2v) is 6.15. The summed E-state index contributed by atoms with van der Waals surface area (Å²) in [5.41, 5.74) is 5.72. The maximum atomic E-state index is 11.6. The van der Waals surface area contributed by atoms with E-state index in [1.165, 1.54) is 8.61 Å². The topological polar surface area (TPSA) is 66.6 Å². The summed E-state index contributed by atoms with van der Waals surface area (Å²) in [7, 11) is -0.0819. The Hall–Kier alpha value is -0.170.